The Kier molecular flexibility index (Phi) is 2.83. The monoisotopic (exact) mass is 268 g/mol. The Balaban J connectivity index is 2.14. The number of nitrogens with one attached hydrogen (secondary N) is 2. The van der Waals surface area contributed by atoms with Crippen molar-refractivity contribution in [2.24, 2.45) is 0 Å². The number of anilines is 1. The molecule has 6 nitrogen and oxygen atoms in total. The molecule has 3 aromatic rings. The average molecular weight is 268 g/mol. The van der Waals surface area contributed by atoms with Gasteiger partial charge >= 0.3 is 0 Å². The Labute approximate surface area is 114 Å². The fraction of sp³-hybridized carbons (Fsp3) is 0.0714. The van der Waals surface area contributed by atoms with E-state index >= 15 is 0 Å². The predicted molar refractivity (Wildman–Crippen MR) is 75.6 cm³/mol. The van der Waals surface area contributed by atoms with E-state index in [0.717, 1.165) is 5.56 Å². The van der Waals surface area contributed by atoms with E-state index in [-0.39, 0.29) is 11.5 Å². The zero-order valence-corrected chi connectivity index (χ0v) is 10.8. The van der Waals surface area contributed by atoms with Crippen LogP contribution < -0.4 is 10.9 Å². The number of amides is 1. The lowest BCUT2D eigenvalue weighted by Crippen LogP contribution is -2.15. The van der Waals surface area contributed by atoms with Gasteiger partial charge in [-0.2, -0.15) is 4.52 Å². The van der Waals surface area contributed by atoms with Crippen molar-refractivity contribution in [2.45, 2.75) is 6.92 Å². The number of fused-ring (bicyclic) bond motifs is 1. The molecule has 100 valence electrons. The number of nitrogens with zero attached hydrogens (tertiary/aromatic N) is 2. The Hall–Kier alpha value is -2.89. The summed E-state index contributed by atoms with van der Waals surface area (Å²) >= 11 is 0. The third kappa shape index (κ3) is 2.18. The van der Waals surface area contributed by atoms with Crippen LogP contribution in [-0.4, -0.2) is 20.5 Å². The molecule has 3 rings (SSSR count). The summed E-state index contributed by atoms with van der Waals surface area (Å²) in [6, 6.07) is 12.5. The Bertz CT molecular complexity index is 833. The summed E-state index contributed by atoms with van der Waals surface area (Å²) in [4.78, 5) is 27.5. The van der Waals surface area contributed by atoms with E-state index in [2.05, 4.69) is 15.4 Å². The molecule has 0 fully saturated rings. The van der Waals surface area contributed by atoms with Gasteiger partial charge in [0.15, 0.2) is 5.65 Å². The summed E-state index contributed by atoms with van der Waals surface area (Å²) in [5.41, 5.74) is 1.70. The largest absolute Gasteiger partial charge is 0.311 e. The van der Waals surface area contributed by atoms with Crippen molar-refractivity contribution in [3.63, 3.8) is 0 Å². The standard InChI is InChI=1S/C14H12N4O2/c1-9(19)15-12-8-13-16-11(7-14(20)18(13)17-12)10-5-3-2-4-6-10/h2-8,17H,1H3,(H,15,19). The maximum Gasteiger partial charge on any atom is 0.273 e. The number of aromatic amines is 1. The van der Waals surface area contributed by atoms with Gasteiger partial charge in [0.2, 0.25) is 5.91 Å². The molecule has 1 amide bonds. The van der Waals surface area contributed by atoms with Crippen LogP contribution in [0.4, 0.5) is 5.82 Å². The van der Waals surface area contributed by atoms with E-state index in [9.17, 15) is 9.59 Å². The summed E-state index contributed by atoms with van der Waals surface area (Å²) < 4.78 is 1.29. The summed E-state index contributed by atoms with van der Waals surface area (Å²) in [5.74, 6) is 0.222. The van der Waals surface area contributed by atoms with Crippen molar-refractivity contribution in [2.75, 3.05) is 5.32 Å². The molecule has 0 atom stereocenters. The van der Waals surface area contributed by atoms with Crippen LogP contribution in [0.5, 0.6) is 0 Å². The molecule has 20 heavy (non-hydrogen) atoms. The van der Waals surface area contributed by atoms with Crippen LogP contribution in [0.15, 0.2) is 47.3 Å². The number of carbonyl (C=O) groups is 1. The van der Waals surface area contributed by atoms with Gasteiger partial charge in [0.25, 0.3) is 5.56 Å². The van der Waals surface area contributed by atoms with Gasteiger partial charge in [0.05, 0.1) is 5.69 Å². The third-order valence-electron chi connectivity index (χ3n) is 2.83. The highest BCUT2D eigenvalue weighted by atomic mass is 16.1. The van der Waals surface area contributed by atoms with Crippen LogP contribution in [0.2, 0.25) is 0 Å². The van der Waals surface area contributed by atoms with Crippen molar-refractivity contribution in [1.29, 1.82) is 0 Å². The maximum absolute atomic E-state index is 12.1. The van der Waals surface area contributed by atoms with Crippen LogP contribution in [-0.2, 0) is 4.79 Å². The van der Waals surface area contributed by atoms with E-state index in [4.69, 9.17) is 0 Å². The van der Waals surface area contributed by atoms with Gasteiger partial charge in [-0.25, -0.2) is 4.98 Å². The first-order valence-corrected chi connectivity index (χ1v) is 6.09. The second-order valence-corrected chi connectivity index (χ2v) is 4.39. The Morgan fingerprint density at radius 3 is 2.70 bits per heavy atom. The molecule has 0 spiro atoms. The van der Waals surface area contributed by atoms with Gasteiger partial charge in [-0.3, -0.25) is 14.7 Å². The van der Waals surface area contributed by atoms with Gasteiger partial charge in [-0.1, -0.05) is 30.3 Å². The zero-order valence-electron chi connectivity index (χ0n) is 10.8. The van der Waals surface area contributed by atoms with Crippen LogP contribution in [0.1, 0.15) is 6.92 Å². The predicted octanol–water partition coefficient (Wildman–Crippen LogP) is 1.65. The number of rotatable bonds is 2. The highest BCUT2D eigenvalue weighted by molar-refractivity contribution is 5.88. The highest BCUT2D eigenvalue weighted by Crippen LogP contribution is 2.16. The smallest absolute Gasteiger partial charge is 0.273 e. The van der Waals surface area contributed by atoms with Gasteiger partial charge in [0, 0.05) is 24.6 Å². The molecule has 0 aliphatic carbocycles. The molecular weight excluding hydrogens is 256 g/mol. The minimum atomic E-state index is -0.231. The van der Waals surface area contributed by atoms with Gasteiger partial charge < -0.3 is 5.32 Å². The highest BCUT2D eigenvalue weighted by Gasteiger charge is 2.08. The van der Waals surface area contributed by atoms with Crippen LogP contribution in [0.25, 0.3) is 16.9 Å². The second-order valence-electron chi connectivity index (χ2n) is 4.39. The van der Waals surface area contributed by atoms with E-state index in [1.165, 1.54) is 17.5 Å². The van der Waals surface area contributed by atoms with E-state index in [1.807, 2.05) is 30.3 Å². The summed E-state index contributed by atoms with van der Waals surface area (Å²) in [7, 11) is 0. The second kappa shape index (κ2) is 4.65. The fourth-order valence-corrected chi connectivity index (χ4v) is 2.00. The number of carbonyl (C=O) groups excluding carboxylic acids is 1. The Morgan fingerprint density at radius 1 is 1.25 bits per heavy atom. The number of hydrogen-bond acceptors (Lipinski definition) is 3. The first-order valence-electron chi connectivity index (χ1n) is 6.09. The van der Waals surface area contributed by atoms with Gasteiger partial charge in [-0.05, 0) is 0 Å². The summed E-state index contributed by atoms with van der Waals surface area (Å²) in [6.45, 7) is 1.40. The molecule has 2 N–H and O–H groups in total. The Morgan fingerprint density at radius 2 is 2.00 bits per heavy atom. The van der Waals surface area contributed by atoms with Crippen molar-refractivity contribution in [3.05, 3.63) is 52.8 Å². The van der Waals surface area contributed by atoms with Crippen LogP contribution in [0.3, 0.4) is 0 Å². The molecule has 0 aliphatic heterocycles. The summed E-state index contributed by atoms with van der Waals surface area (Å²) in [5, 5.41) is 5.37. The molecule has 0 bridgehead atoms. The van der Waals surface area contributed by atoms with Gasteiger partial charge in [0.1, 0.15) is 5.82 Å². The lowest BCUT2D eigenvalue weighted by molar-refractivity contribution is -0.114. The molecule has 6 heteroatoms. The first-order chi connectivity index (χ1) is 9.63. The molecule has 1 aromatic carbocycles. The number of aromatic nitrogens is 3. The quantitative estimate of drug-likeness (QED) is 0.741. The summed E-state index contributed by atoms with van der Waals surface area (Å²) in [6.07, 6.45) is 0. The van der Waals surface area contributed by atoms with Crippen molar-refractivity contribution >= 4 is 17.4 Å². The van der Waals surface area contributed by atoms with E-state index < -0.39 is 0 Å². The molecule has 0 unspecified atom stereocenters. The normalized spacial score (nSPS) is 10.7. The van der Waals surface area contributed by atoms with Crippen LogP contribution in [0, 0.1) is 0 Å². The number of H-pyrrole nitrogens is 1. The third-order valence-corrected chi connectivity index (χ3v) is 2.83. The molecule has 0 aliphatic rings. The maximum atomic E-state index is 12.1. The van der Waals surface area contributed by atoms with Gasteiger partial charge in [-0.15, -0.1) is 0 Å². The minimum absolute atomic E-state index is 0.215. The van der Waals surface area contributed by atoms with Crippen LogP contribution >= 0.6 is 0 Å². The fourth-order valence-electron chi connectivity index (χ4n) is 2.00. The molecule has 2 heterocycles. The van der Waals surface area contributed by atoms with Crippen molar-refractivity contribution in [3.8, 4) is 11.3 Å². The lowest BCUT2D eigenvalue weighted by atomic mass is 10.1. The molecular formula is C14H12N4O2. The average Bonchev–Trinajstić information content (AvgIpc) is 2.82. The zero-order chi connectivity index (χ0) is 14.1. The first kappa shape index (κ1) is 12.2. The molecule has 2 aromatic heterocycles. The molecule has 0 saturated heterocycles. The molecule has 0 radical (unpaired) electrons. The SMILES string of the molecule is CC(=O)Nc1cc2nc(-c3ccccc3)cc(=O)n2[nH]1. The lowest BCUT2D eigenvalue weighted by Gasteiger charge is -2.00. The topological polar surface area (TPSA) is 79.3 Å². The van der Waals surface area contributed by atoms with E-state index in [0.29, 0.717) is 17.2 Å². The number of benzene rings is 1. The number of hydrogen-bond donors (Lipinski definition) is 2. The van der Waals surface area contributed by atoms with Crippen molar-refractivity contribution < 1.29 is 4.79 Å². The minimum Gasteiger partial charge on any atom is -0.311 e. The van der Waals surface area contributed by atoms with E-state index in [1.54, 1.807) is 6.07 Å². The molecule has 0 saturated carbocycles. The van der Waals surface area contributed by atoms with Crippen molar-refractivity contribution in [1.82, 2.24) is 14.6 Å².